The van der Waals surface area contributed by atoms with Crippen molar-refractivity contribution in [2.45, 2.75) is 32.4 Å². The van der Waals surface area contributed by atoms with E-state index < -0.39 is 0 Å². The molecule has 2 aromatic carbocycles. The lowest BCUT2D eigenvalue weighted by Gasteiger charge is -2.31. The molecule has 1 heterocycles. The van der Waals surface area contributed by atoms with E-state index in [0.29, 0.717) is 25.7 Å². The number of para-hydroxylation sites is 1. The molecule has 3 rings (SSSR count). The first kappa shape index (κ1) is 23.1. The second-order valence-corrected chi connectivity index (χ2v) is 7.95. The van der Waals surface area contributed by atoms with Crippen LogP contribution in [-0.2, 0) is 16.1 Å². The number of nitrogens with one attached hydrogen (secondary N) is 1. The van der Waals surface area contributed by atoms with E-state index in [4.69, 9.17) is 9.47 Å². The molecule has 6 nitrogen and oxygen atoms in total. The van der Waals surface area contributed by atoms with Crippen LogP contribution in [0.2, 0.25) is 0 Å². The molecule has 2 aromatic rings. The molecule has 0 atom stereocenters. The Bertz CT molecular complexity index is 794. The van der Waals surface area contributed by atoms with Gasteiger partial charge in [0.15, 0.2) is 0 Å². The number of hydrogen-bond acceptors (Lipinski definition) is 5. The maximum Gasteiger partial charge on any atom is 0.239 e. The molecule has 6 heteroatoms. The fraction of sp³-hybridized carbons (Fsp3) is 0.480. The zero-order valence-electron chi connectivity index (χ0n) is 18.8. The first-order valence-electron chi connectivity index (χ1n) is 11.2. The average molecular weight is 426 g/mol. The standard InChI is InChI=1S/C25H35N3O3/c1-3-28(23-9-5-4-6-10-23)20-25(29)26-19-21-8-7-11-24(18-21)31-17-14-27(2)22-12-15-30-16-13-22/h4-11,18,22H,3,12-17,19-20H2,1-2H3,(H,26,29). The summed E-state index contributed by atoms with van der Waals surface area (Å²) in [5.41, 5.74) is 2.09. The first-order valence-corrected chi connectivity index (χ1v) is 11.2. The number of amides is 1. The molecule has 0 spiro atoms. The van der Waals surface area contributed by atoms with E-state index in [1.54, 1.807) is 0 Å². The Balaban J connectivity index is 1.41. The highest BCUT2D eigenvalue weighted by molar-refractivity contribution is 5.81. The highest BCUT2D eigenvalue weighted by Crippen LogP contribution is 2.16. The zero-order chi connectivity index (χ0) is 21.9. The van der Waals surface area contributed by atoms with E-state index in [9.17, 15) is 4.79 Å². The third-order valence-corrected chi connectivity index (χ3v) is 5.75. The molecule has 1 N–H and O–H groups in total. The number of likely N-dealkylation sites (N-methyl/N-ethyl adjacent to an activating group) is 2. The van der Waals surface area contributed by atoms with Crippen molar-refractivity contribution < 1.29 is 14.3 Å². The Labute approximate surface area is 186 Å². The lowest BCUT2D eigenvalue weighted by atomic mass is 10.1. The Morgan fingerprint density at radius 1 is 1.13 bits per heavy atom. The van der Waals surface area contributed by atoms with Gasteiger partial charge in [-0.15, -0.1) is 0 Å². The molecule has 1 fully saturated rings. The number of nitrogens with zero attached hydrogens (tertiary/aromatic N) is 2. The molecule has 1 saturated heterocycles. The maximum absolute atomic E-state index is 12.4. The molecule has 1 aliphatic rings. The van der Waals surface area contributed by atoms with Crippen LogP contribution in [0, 0.1) is 0 Å². The Morgan fingerprint density at radius 3 is 2.65 bits per heavy atom. The summed E-state index contributed by atoms with van der Waals surface area (Å²) in [6, 6.07) is 18.5. The van der Waals surface area contributed by atoms with Crippen molar-refractivity contribution in [1.29, 1.82) is 0 Å². The third-order valence-electron chi connectivity index (χ3n) is 5.75. The smallest absolute Gasteiger partial charge is 0.239 e. The monoisotopic (exact) mass is 425 g/mol. The number of anilines is 1. The fourth-order valence-corrected chi connectivity index (χ4v) is 3.82. The Morgan fingerprint density at radius 2 is 1.90 bits per heavy atom. The van der Waals surface area contributed by atoms with Crippen LogP contribution in [0.5, 0.6) is 5.75 Å². The van der Waals surface area contributed by atoms with Crippen molar-refractivity contribution in [3.8, 4) is 5.75 Å². The van der Waals surface area contributed by atoms with Crippen LogP contribution >= 0.6 is 0 Å². The number of carbonyl (C=O) groups is 1. The predicted octanol–water partition coefficient (Wildman–Crippen LogP) is 3.32. The van der Waals surface area contributed by atoms with Gasteiger partial charge in [0, 0.05) is 44.6 Å². The van der Waals surface area contributed by atoms with Crippen LogP contribution in [0.25, 0.3) is 0 Å². The summed E-state index contributed by atoms with van der Waals surface area (Å²) in [5.74, 6) is 0.849. The molecular formula is C25H35N3O3. The second-order valence-electron chi connectivity index (χ2n) is 7.95. The summed E-state index contributed by atoms with van der Waals surface area (Å²) in [5, 5.41) is 3.02. The van der Waals surface area contributed by atoms with Gasteiger partial charge >= 0.3 is 0 Å². The van der Waals surface area contributed by atoms with Gasteiger partial charge in [-0.05, 0) is 56.6 Å². The minimum absolute atomic E-state index is 0.00936. The molecule has 1 aliphatic heterocycles. The lowest BCUT2D eigenvalue weighted by Crippen LogP contribution is -2.38. The number of rotatable bonds is 11. The van der Waals surface area contributed by atoms with Crippen molar-refractivity contribution in [3.05, 3.63) is 60.2 Å². The summed E-state index contributed by atoms with van der Waals surface area (Å²) in [7, 11) is 2.15. The third kappa shape index (κ3) is 7.56. The molecule has 0 aromatic heterocycles. The topological polar surface area (TPSA) is 54.0 Å². The van der Waals surface area contributed by atoms with Crippen LogP contribution < -0.4 is 15.0 Å². The maximum atomic E-state index is 12.4. The summed E-state index contributed by atoms with van der Waals surface area (Å²) >= 11 is 0. The van der Waals surface area contributed by atoms with E-state index in [1.807, 2.05) is 54.6 Å². The van der Waals surface area contributed by atoms with Gasteiger partial charge < -0.3 is 19.7 Å². The largest absolute Gasteiger partial charge is 0.492 e. The van der Waals surface area contributed by atoms with Gasteiger partial charge in [-0.1, -0.05) is 30.3 Å². The number of benzene rings is 2. The summed E-state index contributed by atoms with van der Waals surface area (Å²) in [6.07, 6.45) is 2.18. The first-order chi connectivity index (χ1) is 15.2. The van der Waals surface area contributed by atoms with E-state index in [-0.39, 0.29) is 5.91 Å². The summed E-state index contributed by atoms with van der Waals surface area (Å²) in [6.45, 7) is 6.91. The van der Waals surface area contributed by atoms with Gasteiger partial charge in [-0.3, -0.25) is 9.69 Å². The van der Waals surface area contributed by atoms with Gasteiger partial charge in [-0.25, -0.2) is 0 Å². The molecule has 0 saturated carbocycles. The van der Waals surface area contributed by atoms with E-state index in [1.165, 1.54) is 0 Å². The van der Waals surface area contributed by atoms with Gasteiger partial charge in [-0.2, -0.15) is 0 Å². The molecule has 1 amide bonds. The van der Waals surface area contributed by atoms with Crippen LogP contribution in [0.15, 0.2) is 54.6 Å². The molecule has 168 valence electrons. The molecule has 0 bridgehead atoms. The van der Waals surface area contributed by atoms with Crippen LogP contribution in [0.3, 0.4) is 0 Å². The van der Waals surface area contributed by atoms with Crippen molar-refractivity contribution in [2.75, 3.05) is 51.4 Å². The van der Waals surface area contributed by atoms with Crippen molar-refractivity contribution >= 4 is 11.6 Å². The second kappa shape index (κ2) is 12.3. The molecule has 0 radical (unpaired) electrons. The van der Waals surface area contributed by atoms with Crippen LogP contribution in [-0.4, -0.2) is 63.4 Å². The minimum atomic E-state index is 0.00936. The fourth-order valence-electron chi connectivity index (χ4n) is 3.82. The molecule has 31 heavy (non-hydrogen) atoms. The highest BCUT2D eigenvalue weighted by atomic mass is 16.5. The number of hydrogen-bond donors (Lipinski definition) is 1. The van der Waals surface area contributed by atoms with Gasteiger partial charge in [0.05, 0.1) is 6.54 Å². The van der Waals surface area contributed by atoms with E-state index in [0.717, 1.165) is 56.1 Å². The normalized spacial score (nSPS) is 14.4. The van der Waals surface area contributed by atoms with Gasteiger partial charge in [0.2, 0.25) is 5.91 Å². The SMILES string of the molecule is CCN(CC(=O)NCc1cccc(OCCN(C)C2CCOCC2)c1)c1ccccc1. The molecule has 0 aliphatic carbocycles. The van der Waals surface area contributed by atoms with Gasteiger partial charge in [0.25, 0.3) is 0 Å². The predicted molar refractivity (Wildman–Crippen MR) is 125 cm³/mol. The van der Waals surface area contributed by atoms with Gasteiger partial charge in [0.1, 0.15) is 12.4 Å². The number of ether oxygens (including phenoxy) is 2. The van der Waals surface area contributed by atoms with Crippen molar-refractivity contribution in [1.82, 2.24) is 10.2 Å². The summed E-state index contributed by atoms with van der Waals surface area (Å²) < 4.78 is 11.4. The highest BCUT2D eigenvalue weighted by Gasteiger charge is 2.18. The van der Waals surface area contributed by atoms with E-state index >= 15 is 0 Å². The minimum Gasteiger partial charge on any atom is -0.492 e. The zero-order valence-corrected chi connectivity index (χ0v) is 18.8. The van der Waals surface area contributed by atoms with Crippen LogP contribution in [0.4, 0.5) is 5.69 Å². The van der Waals surface area contributed by atoms with Crippen molar-refractivity contribution in [3.63, 3.8) is 0 Å². The average Bonchev–Trinajstić information content (AvgIpc) is 2.82. The Hall–Kier alpha value is -2.57. The lowest BCUT2D eigenvalue weighted by molar-refractivity contribution is -0.119. The van der Waals surface area contributed by atoms with E-state index in [2.05, 4.69) is 29.1 Å². The summed E-state index contributed by atoms with van der Waals surface area (Å²) in [4.78, 5) is 16.9. The van der Waals surface area contributed by atoms with Crippen molar-refractivity contribution in [2.24, 2.45) is 0 Å². The van der Waals surface area contributed by atoms with Crippen LogP contribution in [0.1, 0.15) is 25.3 Å². The molecule has 0 unspecified atom stereocenters. The Kier molecular flexibility index (Phi) is 9.18. The quantitative estimate of drug-likeness (QED) is 0.599. The molecular weight excluding hydrogens is 390 g/mol. The number of carbonyl (C=O) groups excluding carboxylic acids is 1.